The zero-order valence-corrected chi connectivity index (χ0v) is 7.72. The molecule has 1 aromatic carbocycles. The molecule has 0 spiro atoms. The standard InChI is InChI=1S/C10H10N4/c11-7-3-4-8-14-10-6-2-1-5-9(10)12-13-14/h1-2,5-6H,3-4,8H2. The SMILES string of the molecule is N#CCCCn1nnc2ccccc21. The summed E-state index contributed by atoms with van der Waals surface area (Å²) in [5, 5.41) is 16.5. The van der Waals surface area contributed by atoms with E-state index in [9.17, 15) is 0 Å². The maximum Gasteiger partial charge on any atom is 0.113 e. The van der Waals surface area contributed by atoms with Crippen LogP contribution in [0.25, 0.3) is 11.0 Å². The van der Waals surface area contributed by atoms with E-state index in [1.165, 1.54) is 0 Å². The lowest BCUT2D eigenvalue weighted by Gasteiger charge is -1.98. The summed E-state index contributed by atoms with van der Waals surface area (Å²) in [6.45, 7) is 0.758. The first-order valence-electron chi connectivity index (χ1n) is 4.57. The highest BCUT2D eigenvalue weighted by Gasteiger charge is 2.01. The summed E-state index contributed by atoms with van der Waals surface area (Å²) in [7, 11) is 0. The number of hydrogen-bond acceptors (Lipinski definition) is 3. The molecule has 0 bridgehead atoms. The van der Waals surface area contributed by atoms with Gasteiger partial charge in [-0.15, -0.1) is 5.10 Å². The third-order valence-corrected chi connectivity index (χ3v) is 2.08. The molecule has 4 heteroatoms. The Bertz CT molecular complexity index is 466. The number of aryl methyl sites for hydroxylation is 1. The van der Waals surface area contributed by atoms with E-state index in [1.54, 1.807) is 0 Å². The number of para-hydroxylation sites is 1. The molecule has 2 aromatic rings. The van der Waals surface area contributed by atoms with Gasteiger partial charge in [0.05, 0.1) is 11.6 Å². The molecule has 1 aromatic heterocycles. The van der Waals surface area contributed by atoms with E-state index in [2.05, 4.69) is 16.4 Å². The van der Waals surface area contributed by atoms with Crippen LogP contribution in [-0.4, -0.2) is 15.0 Å². The summed E-state index contributed by atoms with van der Waals surface area (Å²) in [5.74, 6) is 0. The van der Waals surface area contributed by atoms with Gasteiger partial charge in [-0.25, -0.2) is 4.68 Å². The topological polar surface area (TPSA) is 54.5 Å². The average molecular weight is 186 g/mol. The molecule has 0 aliphatic carbocycles. The molecular formula is C10H10N4. The normalized spacial score (nSPS) is 10.2. The van der Waals surface area contributed by atoms with Crippen LogP contribution in [-0.2, 0) is 6.54 Å². The van der Waals surface area contributed by atoms with E-state index < -0.39 is 0 Å². The third-order valence-electron chi connectivity index (χ3n) is 2.08. The molecule has 4 nitrogen and oxygen atoms in total. The van der Waals surface area contributed by atoms with Crippen LogP contribution in [0.1, 0.15) is 12.8 Å². The van der Waals surface area contributed by atoms with E-state index in [0.717, 1.165) is 24.0 Å². The summed E-state index contributed by atoms with van der Waals surface area (Å²) in [6.07, 6.45) is 1.39. The Morgan fingerprint density at radius 3 is 3.07 bits per heavy atom. The highest BCUT2D eigenvalue weighted by atomic mass is 15.4. The first-order chi connectivity index (χ1) is 6.92. The molecule has 70 valence electrons. The van der Waals surface area contributed by atoms with Crippen LogP contribution >= 0.6 is 0 Å². The van der Waals surface area contributed by atoms with Gasteiger partial charge in [0, 0.05) is 13.0 Å². The van der Waals surface area contributed by atoms with E-state index in [-0.39, 0.29) is 0 Å². The lowest BCUT2D eigenvalue weighted by Crippen LogP contribution is -1.99. The fraction of sp³-hybridized carbons (Fsp3) is 0.300. The van der Waals surface area contributed by atoms with Crippen molar-refractivity contribution in [1.29, 1.82) is 5.26 Å². The number of nitriles is 1. The minimum Gasteiger partial charge on any atom is -0.245 e. The van der Waals surface area contributed by atoms with Crippen LogP contribution in [0.3, 0.4) is 0 Å². The minimum atomic E-state index is 0.564. The van der Waals surface area contributed by atoms with E-state index in [0.29, 0.717) is 6.42 Å². The van der Waals surface area contributed by atoms with Crippen molar-refractivity contribution in [2.24, 2.45) is 0 Å². The van der Waals surface area contributed by atoms with Gasteiger partial charge in [-0.05, 0) is 18.6 Å². The molecule has 14 heavy (non-hydrogen) atoms. The first kappa shape index (κ1) is 8.70. The van der Waals surface area contributed by atoms with E-state index in [4.69, 9.17) is 5.26 Å². The number of unbranched alkanes of at least 4 members (excludes halogenated alkanes) is 1. The molecule has 0 fully saturated rings. The lowest BCUT2D eigenvalue weighted by atomic mass is 10.3. The second-order valence-corrected chi connectivity index (χ2v) is 3.06. The quantitative estimate of drug-likeness (QED) is 0.686. The van der Waals surface area contributed by atoms with Crippen molar-refractivity contribution in [1.82, 2.24) is 15.0 Å². The molecule has 0 amide bonds. The van der Waals surface area contributed by atoms with Gasteiger partial charge in [-0.1, -0.05) is 17.3 Å². The summed E-state index contributed by atoms with van der Waals surface area (Å²) in [4.78, 5) is 0. The molecule has 0 radical (unpaired) electrons. The Morgan fingerprint density at radius 2 is 2.21 bits per heavy atom. The highest BCUT2D eigenvalue weighted by molar-refractivity contribution is 5.73. The van der Waals surface area contributed by atoms with Crippen molar-refractivity contribution < 1.29 is 0 Å². The number of rotatable bonds is 3. The summed E-state index contributed by atoms with van der Waals surface area (Å²) < 4.78 is 1.84. The van der Waals surface area contributed by atoms with Crippen molar-refractivity contribution >= 4 is 11.0 Å². The second kappa shape index (κ2) is 3.88. The minimum absolute atomic E-state index is 0.564. The van der Waals surface area contributed by atoms with Crippen LogP contribution < -0.4 is 0 Å². The van der Waals surface area contributed by atoms with Gasteiger partial charge < -0.3 is 0 Å². The maximum absolute atomic E-state index is 8.41. The van der Waals surface area contributed by atoms with Crippen molar-refractivity contribution in [3.8, 4) is 6.07 Å². The van der Waals surface area contributed by atoms with Gasteiger partial charge in [0.15, 0.2) is 0 Å². The summed E-state index contributed by atoms with van der Waals surface area (Å²) in [5.41, 5.74) is 1.94. The van der Waals surface area contributed by atoms with Crippen LogP contribution in [0.2, 0.25) is 0 Å². The smallest absolute Gasteiger partial charge is 0.113 e. The van der Waals surface area contributed by atoms with Gasteiger partial charge in [0.25, 0.3) is 0 Å². The number of nitrogens with zero attached hydrogens (tertiary/aromatic N) is 4. The van der Waals surface area contributed by atoms with Crippen LogP contribution in [0.4, 0.5) is 0 Å². The zero-order chi connectivity index (χ0) is 9.80. The Balaban J connectivity index is 2.22. The van der Waals surface area contributed by atoms with Gasteiger partial charge in [0.1, 0.15) is 5.52 Å². The predicted molar refractivity (Wildman–Crippen MR) is 52.4 cm³/mol. The van der Waals surface area contributed by atoms with Gasteiger partial charge >= 0.3 is 0 Å². The molecule has 0 N–H and O–H groups in total. The van der Waals surface area contributed by atoms with E-state index >= 15 is 0 Å². The van der Waals surface area contributed by atoms with Crippen molar-refractivity contribution in [2.75, 3.05) is 0 Å². The van der Waals surface area contributed by atoms with Gasteiger partial charge in [-0.2, -0.15) is 5.26 Å². The molecule has 0 saturated heterocycles. The van der Waals surface area contributed by atoms with Crippen LogP contribution in [0.15, 0.2) is 24.3 Å². The predicted octanol–water partition coefficient (Wildman–Crippen LogP) is 1.74. The number of fused-ring (bicyclic) bond motifs is 1. The second-order valence-electron chi connectivity index (χ2n) is 3.06. The molecule has 0 saturated carbocycles. The number of benzene rings is 1. The Morgan fingerprint density at radius 1 is 1.36 bits per heavy atom. The monoisotopic (exact) mass is 186 g/mol. The molecule has 0 unspecified atom stereocenters. The largest absolute Gasteiger partial charge is 0.245 e. The van der Waals surface area contributed by atoms with Crippen LogP contribution in [0, 0.1) is 11.3 Å². The Labute approximate surface area is 81.8 Å². The average Bonchev–Trinajstić information content (AvgIpc) is 2.63. The van der Waals surface area contributed by atoms with Crippen molar-refractivity contribution in [2.45, 2.75) is 19.4 Å². The molecule has 0 aliphatic heterocycles. The number of aromatic nitrogens is 3. The van der Waals surface area contributed by atoms with Gasteiger partial charge in [-0.3, -0.25) is 0 Å². The Kier molecular flexibility index (Phi) is 2.41. The lowest BCUT2D eigenvalue weighted by molar-refractivity contribution is 0.580. The van der Waals surface area contributed by atoms with Crippen molar-refractivity contribution in [3.63, 3.8) is 0 Å². The molecule has 0 atom stereocenters. The highest BCUT2D eigenvalue weighted by Crippen LogP contribution is 2.10. The van der Waals surface area contributed by atoms with Crippen LogP contribution in [0.5, 0.6) is 0 Å². The molecule has 0 aliphatic rings. The summed E-state index contributed by atoms with van der Waals surface area (Å²) >= 11 is 0. The maximum atomic E-state index is 8.41. The Hall–Kier alpha value is -1.89. The molecular weight excluding hydrogens is 176 g/mol. The molecule has 2 rings (SSSR count). The number of hydrogen-bond donors (Lipinski definition) is 0. The molecule has 1 heterocycles. The third kappa shape index (κ3) is 1.57. The van der Waals surface area contributed by atoms with Gasteiger partial charge in [0.2, 0.25) is 0 Å². The van der Waals surface area contributed by atoms with E-state index in [1.807, 2.05) is 28.9 Å². The fourth-order valence-electron chi connectivity index (χ4n) is 1.39. The zero-order valence-electron chi connectivity index (χ0n) is 7.72. The fourth-order valence-corrected chi connectivity index (χ4v) is 1.39. The van der Waals surface area contributed by atoms with Crippen molar-refractivity contribution in [3.05, 3.63) is 24.3 Å². The summed E-state index contributed by atoms with van der Waals surface area (Å²) in [6, 6.07) is 9.94. The first-order valence-corrected chi connectivity index (χ1v) is 4.57.